The lowest BCUT2D eigenvalue weighted by Crippen LogP contribution is -2.44. The van der Waals surface area contributed by atoms with Gasteiger partial charge in [-0.05, 0) is 6.07 Å². The van der Waals surface area contributed by atoms with Crippen LogP contribution in [0.15, 0.2) is 24.3 Å². The Kier molecular flexibility index (Phi) is 5.20. The minimum absolute atomic E-state index is 0.0422. The molecule has 0 spiro atoms. The van der Waals surface area contributed by atoms with E-state index in [9.17, 15) is 22.4 Å². The Morgan fingerprint density at radius 2 is 1.95 bits per heavy atom. The third kappa shape index (κ3) is 4.96. The first-order valence-corrected chi connectivity index (χ1v) is 7.47. The van der Waals surface area contributed by atoms with Crippen molar-refractivity contribution in [2.75, 3.05) is 5.75 Å². The van der Waals surface area contributed by atoms with E-state index in [1.54, 1.807) is 0 Å². The molecule has 1 aromatic rings. The molecule has 0 unspecified atom stereocenters. The fraction of sp³-hybridized carbons (Fsp3) is 0.333. The Morgan fingerprint density at radius 3 is 2.45 bits per heavy atom. The Morgan fingerprint density at radius 1 is 1.35 bits per heavy atom. The summed E-state index contributed by atoms with van der Waals surface area (Å²) in [5.74, 6) is -4.21. The van der Waals surface area contributed by atoms with Gasteiger partial charge in [0.25, 0.3) is 0 Å². The van der Waals surface area contributed by atoms with Gasteiger partial charge >= 0.3 is 5.97 Å². The molecule has 1 rings (SSSR count). The number of carboxylic acids is 1. The molecule has 1 amide bonds. The molecule has 8 heteroatoms. The lowest BCUT2D eigenvalue weighted by molar-refractivity contribution is -0.140. The second-order valence-electron chi connectivity index (χ2n) is 4.24. The number of carboxylic acid groups (broad SMARTS) is 1. The molecule has 0 heterocycles. The Labute approximate surface area is 115 Å². The van der Waals surface area contributed by atoms with Crippen LogP contribution in [0, 0.1) is 5.82 Å². The third-order valence-electron chi connectivity index (χ3n) is 2.43. The Hall–Kier alpha value is -1.96. The number of benzene rings is 1. The summed E-state index contributed by atoms with van der Waals surface area (Å²) in [6.07, 6.45) is 0. The van der Waals surface area contributed by atoms with Crippen molar-refractivity contribution < 1.29 is 27.5 Å². The lowest BCUT2D eigenvalue weighted by atomic mass is 10.2. The van der Waals surface area contributed by atoms with Gasteiger partial charge in [0.2, 0.25) is 5.91 Å². The van der Waals surface area contributed by atoms with Crippen LogP contribution in [0.2, 0.25) is 0 Å². The van der Waals surface area contributed by atoms with Crippen molar-refractivity contribution in [1.82, 2.24) is 5.32 Å². The van der Waals surface area contributed by atoms with Crippen LogP contribution in [0.4, 0.5) is 4.39 Å². The molecule has 0 aliphatic rings. The summed E-state index contributed by atoms with van der Waals surface area (Å²) in [4.78, 5) is 21.7. The van der Waals surface area contributed by atoms with Crippen molar-refractivity contribution in [1.29, 1.82) is 0 Å². The summed E-state index contributed by atoms with van der Waals surface area (Å²) >= 11 is 0. The van der Waals surface area contributed by atoms with Crippen LogP contribution >= 0.6 is 0 Å². The molecule has 2 N–H and O–H groups in total. The first kappa shape index (κ1) is 16.1. The highest BCUT2D eigenvalue weighted by molar-refractivity contribution is 7.90. The van der Waals surface area contributed by atoms with E-state index >= 15 is 0 Å². The van der Waals surface area contributed by atoms with Crippen molar-refractivity contribution in [3.05, 3.63) is 35.6 Å². The Balaban J connectivity index is 2.86. The summed E-state index contributed by atoms with van der Waals surface area (Å²) in [6, 6.07) is 3.78. The van der Waals surface area contributed by atoms with E-state index in [0.717, 1.165) is 13.0 Å². The smallest absolute Gasteiger partial charge is 0.327 e. The normalized spacial score (nSPS) is 12.7. The van der Waals surface area contributed by atoms with E-state index in [-0.39, 0.29) is 5.56 Å². The molecule has 0 saturated heterocycles. The van der Waals surface area contributed by atoms with E-state index in [2.05, 4.69) is 0 Å². The first-order chi connectivity index (χ1) is 9.21. The van der Waals surface area contributed by atoms with Crippen LogP contribution in [-0.2, 0) is 25.2 Å². The number of halogens is 1. The van der Waals surface area contributed by atoms with Gasteiger partial charge in [-0.1, -0.05) is 18.2 Å². The highest BCUT2D eigenvalue weighted by Crippen LogP contribution is 2.12. The fourth-order valence-electron chi connectivity index (χ4n) is 1.59. The molecule has 0 fully saturated rings. The predicted molar refractivity (Wildman–Crippen MR) is 69.1 cm³/mol. The van der Waals surface area contributed by atoms with Gasteiger partial charge in [0.05, 0.1) is 11.5 Å². The number of carbonyl (C=O) groups is 2. The van der Waals surface area contributed by atoms with Crippen LogP contribution in [0.3, 0.4) is 0 Å². The molecular weight excluding hydrogens is 289 g/mol. The number of nitrogens with one attached hydrogen (secondary N) is 1. The minimum Gasteiger partial charge on any atom is -0.480 e. The topological polar surface area (TPSA) is 101 Å². The maximum atomic E-state index is 13.4. The molecule has 6 nitrogen and oxygen atoms in total. The third-order valence-corrected chi connectivity index (χ3v) is 4.02. The predicted octanol–water partition coefficient (Wildman–Crippen LogP) is 0.330. The quantitative estimate of drug-likeness (QED) is 0.788. The van der Waals surface area contributed by atoms with Crippen molar-refractivity contribution in [3.8, 4) is 0 Å². The van der Waals surface area contributed by atoms with Gasteiger partial charge in [-0.2, -0.15) is 0 Å². The number of sulfone groups is 1. The number of rotatable bonds is 6. The van der Waals surface area contributed by atoms with Gasteiger partial charge in [-0.15, -0.1) is 0 Å². The van der Waals surface area contributed by atoms with Gasteiger partial charge in [0.15, 0.2) is 9.84 Å². The molecule has 20 heavy (non-hydrogen) atoms. The molecule has 0 aromatic heterocycles. The van der Waals surface area contributed by atoms with E-state index in [0.29, 0.717) is 0 Å². The zero-order valence-corrected chi connectivity index (χ0v) is 11.5. The molecule has 0 aliphatic carbocycles. The van der Waals surface area contributed by atoms with Crippen molar-refractivity contribution in [3.63, 3.8) is 0 Å². The number of amides is 1. The van der Waals surface area contributed by atoms with Gasteiger partial charge < -0.3 is 10.4 Å². The maximum Gasteiger partial charge on any atom is 0.327 e. The molecule has 1 atom stereocenters. The van der Waals surface area contributed by atoms with Gasteiger partial charge in [-0.3, -0.25) is 4.79 Å². The number of carbonyl (C=O) groups excluding carboxylic acids is 1. The largest absolute Gasteiger partial charge is 0.480 e. The van der Waals surface area contributed by atoms with E-state index in [1.807, 2.05) is 5.32 Å². The Bertz CT molecular complexity index is 614. The lowest BCUT2D eigenvalue weighted by Gasteiger charge is -2.13. The molecule has 0 saturated carbocycles. The number of hydrogen-bond acceptors (Lipinski definition) is 4. The first-order valence-electron chi connectivity index (χ1n) is 5.65. The average Bonchev–Trinajstić information content (AvgIpc) is 2.30. The van der Waals surface area contributed by atoms with Crippen LogP contribution in [0.25, 0.3) is 0 Å². The summed E-state index contributed by atoms with van der Waals surface area (Å²) in [7, 11) is -3.88. The molecular formula is C12H14FNO5S. The van der Waals surface area contributed by atoms with Crippen molar-refractivity contribution >= 4 is 21.7 Å². The van der Waals surface area contributed by atoms with Gasteiger partial charge in [0.1, 0.15) is 11.9 Å². The molecule has 0 aliphatic heterocycles. The fourth-order valence-corrected chi connectivity index (χ4v) is 3.14. The molecule has 1 aromatic carbocycles. The van der Waals surface area contributed by atoms with Gasteiger partial charge in [-0.25, -0.2) is 17.6 Å². The number of aliphatic carboxylic acids is 1. The summed E-state index contributed by atoms with van der Waals surface area (Å²) in [5, 5.41) is 10.9. The van der Waals surface area contributed by atoms with E-state index in [1.165, 1.54) is 18.2 Å². The summed E-state index contributed by atoms with van der Waals surface area (Å²) in [6.45, 7) is 1.08. The maximum absolute atomic E-state index is 13.4. The SMILES string of the molecule is CC(=O)N[C@@H](CS(=O)(=O)Cc1ccccc1F)C(=O)O. The van der Waals surface area contributed by atoms with Crippen LogP contribution in [0.1, 0.15) is 12.5 Å². The molecule has 0 radical (unpaired) electrons. The number of hydrogen-bond donors (Lipinski definition) is 2. The zero-order chi connectivity index (χ0) is 15.3. The highest BCUT2D eigenvalue weighted by atomic mass is 32.2. The second kappa shape index (κ2) is 6.47. The molecule has 0 bridgehead atoms. The van der Waals surface area contributed by atoms with E-state index < -0.39 is 45.1 Å². The van der Waals surface area contributed by atoms with Crippen molar-refractivity contribution in [2.24, 2.45) is 0 Å². The second-order valence-corrected chi connectivity index (χ2v) is 6.35. The summed E-state index contributed by atoms with van der Waals surface area (Å²) in [5.41, 5.74) is -0.0422. The van der Waals surface area contributed by atoms with Crippen molar-refractivity contribution in [2.45, 2.75) is 18.7 Å². The zero-order valence-electron chi connectivity index (χ0n) is 10.7. The van der Waals surface area contributed by atoms with Crippen LogP contribution in [0.5, 0.6) is 0 Å². The molecule has 110 valence electrons. The van der Waals surface area contributed by atoms with Gasteiger partial charge in [0, 0.05) is 12.5 Å². The standard InChI is InChI=1S/C12H14FNO5S/c1-8(15)14-11(12(16)17)7-20(18,19)6-9-4-2-3-5-10(9)13/h2-5,11H,6-7H2,1H3,(H,14,15)(H,16,17)/t11-/m0/s1. The van der Waals surface area contributed by atoms with E-state index in [4.69, 9.17) is 5.11 Å². The summed E-state index contributed by atoms with van der Waals surface area (Å²) < 4.78 is 37.1. The van der Waals surface area contributed by atoms with Crippen LogP contribution in [-0.4, -0.2) is 37.2 Å². The van der Waals surface area contributed by atoms with Crippen LogP contribution < -0.4 is 5.32 Å². The average molecular weight is 303 g/mol. The monoisotopic (exact) mass is 303 g/mol. The highest BCUT2D eigenvalue weighted by Gasteiger charge is 2.26. The minimum atomic E-state index is -3.88.